The van der Waals surface area contributed by atoms with Gasteiger partial charge in [0.1, 0.15) is 5.75 Å². The lowest BCUT2D eigenvalue weighted by Gasteiger charge is -2.25. The van der Waals surface area contributed by atoms with Crippen molar-refractivity contribution in [2.45, 2.75) is 39.4 Å². The van der Waals surface area contributed by atoms with Gasteiger partial charge in [-0.3, -0.25) is 9.59 Å². The largest absolute Gasteiger partial charge is 0.494 e. The number of rotatable bonds is 3. The van der Waals surface area contributed by atoms with E-state index in [-0.39, 0.29) is 36.2 Å². The zero-order valence-corrected chi connectivity index (χ0v) is 23.9. The highest BCUT2D eigenvalue weighted by atomic mass is 19.4. The van der Waals surface area contributed by atoms with Gasteiger partial charge in [-0.25, -0.2) is 0 Å². The Bertz CT molecular complexity index is 1370. The molecule has 0 unspecified atom stereocenters. The minimum absolute atomic E-state index is 0.000884. The molecule has 2 aromatic carbocycles. The van der Waals surface area contributed by atoms with Gasteiger partial charge in [0.05, 0.1) is 6.61 Å². The van der Waals surface area contributed by atoms with Gasteiger partial charge in [0, 0.05) is 43.3 Å². The lowest BCUT2D eigenvalue weighted by molar-refractivity contribution is -0.154. The van der Waals surface area contributed by atoms with Crippen LogP contribution in [0.25, 0.3) is 0 Å². The maximum absolute atomic E-state index is 12.8. The molecule has 0 radical (unpaired) electrons. The van der Waals surface area contributed by atoms with Crippen molar-refractivity contribution in [2.24, 2.45) is 5.92 Å². The molecule has 6 bridgehead atoms. The maximum Gasteiger partial charge on any atom is 0.422 e. The molecule has 0 saturated carbocycles. The molecule has 2 amide bonds. The number of carbonyl (C=O) groups excluding carboxylic acids is 2. The standard InChI is InChI=1S/C29H34F3N7O4/c1-19(2)25(41)39-14-3-13-33-24(40)21-7-9-22(10-8-21)35-27-36-26(37-28(38-27)43-18-29(30,31)32)34-17-20-5-11-23(12-6-20)42-16-4-15-39/h5-12,19H,3-4,13-18H2,1-2H3,(H,33,40)(H2,34,35,36,37,38). The van der Waals surface area contributed by atoms with Gasteiger partial charge in [0.15, 0.2) is 6.61 Å². The molecule has 3 N–H and O–H groups in total. The van der Waals surface area contributed by atoms with E-state index in [0.717, 1.165) is 5.56 Å². The van der Waals surface area contributed by atoms with Crippen LogP contribution in [0.15, 0.2) is 48.5 Å². The van der Waals surface area contributed by atoms with E-state index < -0.39 is 18.8 Å². The van der Waals surface area contributed by atoms with Crippen LogP contribution < -0.4 is 25.4 Å². The van der Waals surface area contributed by atoms with Gasteiger partial charge in [-0.2, -0.15) is 28.1 Å². The Balaban J connectivity index is 1.54. The van der Waals surface area contributed by atoms with Crippen LogP contribution in [0.3, 0.4) is 0 Å². The second kappa shape index (κ2) is 14.5. The molecule has 230 valence electrons. The number of hydrogen-bond acceptors (Lipinski definition) is 9. The van der Waals surface area contributed by atoms with E-state index in [4.69, 9.17) is 9.47 Å². The van der Waals surface area contributed by atoms with E-state index in [9.17, 15) is 22.8 Å². The van der Waals surface area contributed by atoms with Gasteiger partial charge < -0.3 is 30.3 Å². The summed E-state index contributed by atoms with van der Waals surface area (Å²) >= 11 is 0. The monoisotopic (exact) mass is 601 g/mol. The zero-order chi connectivity index (χ0) is 30.8. The highest BCUT2D eigenvalue weighted by Crippen LogP contribution is 2.21. The number of aromatic nitrogens is 3. The fourth-order valence-electron chi connectivity index (χ4n) is 4.14. The van der Waals surface area contributed by atoms with E-state index in [0.29, 0.717) is 56.1 Å². The van der Waals surface area contributed by atoms with E-state index in [1.807, 2.05) is 26.0 Å². The molecule has 4 aliphatic rings. The van der Waals surface area contributed by atoms with Gasteiger partial charge in [0.25, 0.3) is 5.91 Å². The fraction of sp³-hybridized carbons (Fsp3) is 0.414. The lowest BCUT2D eigenvalue weighted by Crippen LogP contribution is -2.38. The van der Waals surface area contributed by atoms with E-state index >= 15 is 0 Å². The number of alkyl halides is 3. The Hall–Kier alpha value is -4.62. The summed E-state index contributed by atoms with van der Waals surface area (Å²) in [5.41, 5.74) is 1.74. The molecule has 43 heavy (non-hydrogen) atoms. The minimum atomic E-state index is -4.57. The van der Waals surface area contributed by atoms with Gasteiger partial charge in [-0.05, 0) is 54.8 Å². The number of ether oxygens (including phenoxy) is 2. The molecular weight excluding hydrogens is 567 g/mol. The van der Waals surface area contributed by atoms with Crippen LogP contribution >= 0.6 is 0 Å². The first-order valence-corrected chi connectivity index (χ1v) is 13.9. The first-order chi connectivity index (χ1) is 20.6. The smallest absolute Gasteiger partial charge is 0.422 e. The Morgan fingerprint density at radius 3 is 2.37 bits per heavy atom. The zero-order valence-electron chi connectivity index (χ0n) is 23.9. The summed E-state index contributed by atoms with van der Waals surface area (Å²) in [5, 5.41) is 8.75. The van der Waals surface area contributed by atoms with Crippen LogP contribution in [0.2, 0.25) is 0 Å². The van der Waals surface area contributed by atoms with Crippen LogP contribution in [0, 0.1) is 5.92 Å². The summed E-state index contributed by atoms with van der Waals surface area (Å²) in [6.45, 7) is 4.25. The summed E-state index contributed by atoms with van der Waals surface area (Å²) in [7, 11) is 0. The van der Waals surface area contributed by atoms with Crippen molar-refractivity contribution in [1.29, 1.82) is 0 Å². The molecule has 3 aromatic rings. The number of carbonyl (C=O) groups is 2. The summed E-state index contributed by atoms with van der Waals surface area (Å²) in [6, 6.07) is 13.2. The molecule has 0 fully saturated rings. The number of halogens is 3. The minimum Gasteiger partial charge on any atom is -0.494 e. The number of nitrogens with zero attached hydrogens (tertiary/aromatic N) is 4. The molecule has 0 atom stereocenters. The Morgan fingerprint density at radius 2 is 1.67 bits per heavy atom. The van der Waals surface area contributed by atoms with Crippen LogP contribution in [0.5, 0.6) is 11.8 Å². The predicted octanol–water partition coefficient (Wildman–Crippen LogP) is 4.56. The molecule has 0 saturated heterocycles. The van der Waals surface area contributed by atoms with Crippen molar-refractivity contribution in [3.05, 3.63) is 59.7 Å². The number of anilines is 3. The molecular formula is C29H34F3N7O4. The van der Waals surface area contributed by atoms with Crippen LogP contribution in [0.1, 0.15) is 42.6 Å². The van der Waals surface area contributed by atoms with Crippen molar-refractivity contribution in [1.82, 2.24) is 25.2 Å². The molecule has 7 rings (SSSR count). The normalized spacial score (nSPS) is 15.1. The first kappa shape index (κ1) is 31.3. The van der Waals surface area contributed by atoms with E-state index in [2.05, 4.69) is 30.9 Å². The van der Waals surface area contributed by atoms with E-state index in [1.165, 1.54) is 0 Å². The van der Waals surface area contributed by atoms with Crippen LogP contribution in [-0.4, -0.2) is 70.7 Å². The number of amides is 2. The topological polar surface area (TPSA) is 131 Å². The van der Waals surface area contributed by atoms with Crippen molar-refractivity contribution >= 4 is 29.4 Å². The highest BCUT2D eigenvalue weighted by Gasteiger charge is 2.29. The number of nitrogens with one attached hydrogen (secondary N) is 3. The van der Waals surface area contributed by atoms with Gasteiger partial charge in [-0.15, -0.1) is 0 Å². The molecule has 11 nitrogen and oxygen atoms in total. The molecule has 14 heteroatoms. The number of hydrogen-bond donors (Lipinski definition) is 3. The van der Waals surface area contributed by atoms with Crippen molar-refractivity contribution < 1.29 is 32.2 Å². The molecule has 0 aliphatic carbocycles. The fourth-order valence-corrected chi connectivity index (χ4v) is 4.14. The lowest BCUT2D eigenvalue weighted by atomic mass is 10.1. The van der Waals surface area contributed by atoms with Gasteiger partial charge in [-0.1, -0.05) is 26.0 Å². The Labute approximate surface area is 247 Å². The third-order valence-electron chi connectivity index (χ3n) is 6.29. The summed E-state index contributed by atoms with van der Waals surface area (Å²) < 4.78 is 48.9. The van der Waals surface area contributed by atoms with Crippen LogP contribution in [-0.2, 0) is 11.3 Å². The molecule has 5 heterocycles. The van der Waals surface area contributed by atoms with Gasteiger partial charge in [0.2, 0.25) is 17.8 Å². The second-order valence-corrected chi connectivity index (χ2v) is 10.2. The molecule has 1 aromatic heterocycles. The van der Waals surface area contributed by atoms with E-state index in [1.54, 1.807) is 41.3 Å². The average molecular weight is 602 g/mol. The average Bonchev–Trinajstić information content (AvgIpc) is 2.98. The quantitative estimate of drug-likeness (QED) is 0.396. The van der Waals surface area contributed by atoms with Crippen molar-refractivity contribution in [2.75, 3.05) is 43.5 Å². The maximum atomic E-state index is 12.8. The van der Waals surface area contributed by atoms with Crippen molar-refractivity contribution in [3.8, 4) is 11.8 Å². The molecule has 4 aliphatic heterocycles. The third kappa shape index (κ3) is 10.0. The second-order valence-electron chi connectivity index (χ2n) is 10.2. The summed E-state index contributed by atoms with van der Waals surface area (Å²) in [6.07, 6.45) is -3.35. The summed E-state index contributed by atoms with van der Waals surface area (Å²) in [5.74, 6) is 0.234. The Kier molecular flexibility index (Phi) is 10.6. The van der Waals surface area contributed by atoms with Crippen molar-refractivity contribution in [3.63, 3.8) is 0 Å². The number of benzene rings is 2. The first-order valence-electron chi connectivity index (χ1n) is 13.9. The SMILES string of the molecule is CC(C)C(=O)N1CCCNC(=O)c2ccc(cc2)Nc2nc(nc(OCC(F)(F)F)n2)NCc2ccc(cc2)OCCC1. The Morgan fingerprint density at radius 1 is 0.977 bits per heavy atom. The van der Waals surface area contributed by atoms with Gasteiger partial charge >= 0.3 is 12.2 Å². The summed E-state index contributed by atoms with van der Waals surface area (Å²) in [4.78, 5) is 39.3. The predicted molar refractivity (Wildman–Crippen MR) is 153 cm³/mol. The molecule has 0 spiro atoms. The third-order valence-corrected chi connectivity index (χ3v) is 6.29. The van der Waals surface area contributed by atoms with Crippen LogP contribution in [0.4, 0.5) is 30.8 Å². The highest BCUT2D eigenvalue weighted by molar-refractivity contribution is 5.94.